The van der Waals surface area contributed by atoms with E-state index in [4.69, 9.17) is 0 Å². The number of para-hydroxylation sites is 2. The largest absolute Gasteiger partial charge is 0.369 e. The van der Waals surface area contributed by atoms with E-state index in [1.807, 2.05) is 65.5 Å². The van der Waals surface area contributed by atoms with E-state index >= 15 is 0 Å². The summed E-state index contributed by atoms with van der Waals surface area (Å²) in [6.45, 7) is 9.64. The average molecular weight is 440 g/mol. The van der Waals surface area contributed by atoms with Gasteiger partial charge in [-0.2, -0.15) is 0 Å². The number of carbonyl (C=O) groups is 1. The normalized spacial score (nSPS) is 14.5. The van der Waals surface area contributed by atoms with Gasteiger partial charge in [-0.1, -0.05) is 19.1 Å². The molecule has 1 fully saturated rings. The summed E-state index contributed by atoms with van der Waals surface area (Å²) in [5.41, 5.74) is 6.73. The minimum atomic E-state index is -0.107. The predicted molar refractivity (Wildman–Crippen MR) is 135 cm³/mol. The number of aryl methyl sites for hydroxylation is 1. The molecule has 6 nitrogen and oxygen atoms in total. The first-order valence-electron chi connectivity index (χ1n) is 11.5. The van der Waals surface area contributed by atoms with Crippen molar-refractivity contribution in [2.45, 2.75) is 13.8 Å². The number of anilines is 2. The average Bonchev–Trinajstić information content (AvgIpc) is 3.29. The first kappa shape index (κ1) is 21.2. The van der Waals surface area contributed by atoms with Gasteiger partial charge in [0.05, 0.1) is 11.0 Å². The van der Waals surface area contributed by atoms with Crippen LogP contribution in [0.1, 0.15) is 22.8 Å². The molecule has 6 heteroatoms. The fraction of sp³-hybridized carbons (Fsp3) is 0.259. The first-order valence-corrected chi connectivity index (χ1v) is 11.5. The molecule has 1 aromatic heterocycles. The van der Waals surface area contributed by atoms with Gasteiger partial charge in [0.1, 0.15) is 6.33 Å². The minimum Gasteiger partial charge on any atom is -0.369 e. The quantitative estimate of drug-likeness (QED) is 0.489. The maximum Gasteiger partial charge on any atom is 0.255 e. The van der Waals surface area contributed by atoms with E-state index in [9.17, 15) is 4.79 Å². The highest BCUT2D eigenvalue weighted by Gasteiger charge is 2.17. The van der Waals surface area contributed by atoms with Crippen molar-refractivity contribution in [1.82, 2.24) is 14.5 Å². The zero-order chi connectivity index (χ0) is 22.8. The molecule has 3 aromatic carbocycles. The Morgan fingerprint density at radius 3 is 2.39 bits per heavy atom. The fourth-order valence-electron chi connectivity index (χ4n) is 4.44. The lowest BCUT2D eigenvalue weighted by Gasteiger charge is -2.35. The van der Waals surface area contributed by atoms with Crippen molar-refractivity contribution in [3.8, 4) is 5.69 Å². The number of hydrogen-bond donors (Lipinski definition) is 1. The van der Waals surface area contributed by atoms with Gasteiger partial charge in [-0.05, 0) is 73.6 Å². The maximum absolute atomic E-state index is 12.9. The molecule has 0 atom stereocenters. The van der Waals surface area contributed by atoms with Crippen LogP contribution in [0.3, 0.4) is 0 Å². The van der Waals surface area contributed by atoms with Gasteiger partial charge < -0.3 is 15.1 Å². The highest BCUT2D eigenvalue weighted by Crippen LogP contribution is 2.25. The lowest BCUT2D eigenvalue weighted by atomic mass is 10.1. The number of fused-ring (bicyclic) bond motifs is 1. The molecule has 2 heterocycles. The second-order valence-corrected chi connectivity index (χ2v) is 8.52. The van der Waals surface area contributed by atoms with Crippen LogP contribution in [0, 0.1) is 6.92 Å². The SMILES string of the molecule is CCN1CCN(c2ccc(NC(=O)c3ccc(-n4cnc5ccccc54)cc3)c(C)c2)CC1. The summed E-state index contributed by atoms with van der Waals surface area (Å²) in [5, 5.41) is 3.07. The molecule has 1 aliphatic rings. The van der Waals surface area contributed by atoms with Crippen molar-refractivity contribution in [2.75, 3.05) is 42.9 Å². The molecule has 4 aromatic rings. The molecule has 0 unspecified atom stereocenters. The summed E-state index contributed by atoms with van der Waals surface area (Å²) in [6, 6.07) is 21.9. The summed E-state index contributed by atoms with van der Waals surface area (Å²) in [6.07, 6.45) is 1.81. The number of carbonyl (C=O) groups excluding carboxylic acids is 1. The lowest BCUT2D eigenvalue weighted by molar-refractivity contribution is 0.102. The molecule has 5 rings (SSSR count). The van der Waals surface area contributed by atoms with Gasteiger partial charge in [-0.25, -0.2) is 4.98 Å². The summed E-state index contributed by atoms with van der Waals surface area (Å²) < 4.78 is 2.03. The lowest BCUT2D eigenvalue weighted by Crippen LogP contribution is -2.46. The summed E-state index contributed by atoms with van der Waals surface area (Å²) in [4.78, 5) is 22.2. The number of piperazine rings is 1. The van der Waals surface area contributed by atoms with Crippen molar-refractivity contribution in [2.24, 2.45) is 0 Å². The Balaban J connectivity index is 1.27. The summed E-state index contributed by atoms with van der Waals surface area (Å²) >= 11 is 0. The number of imidazole rings is 1. The van der Waals surface area contributed by atoms with E-state index in [0.29, 0.717) is 5.56 Å². The highest BCUT2D eigenvalue weighted by molar-refractivity contribution is 6.04. The molecule has 1 aliphatic heterocycles. The third-order valence-electron chi connectivity index (χ3n) is 6.50. The van der Waals surface area contributed by atoms with Crippen LogP contribution >= 0.6 is 0 Å². The Labute approximate surface area is 194 Å². The van der Waals surface area contributed by atoms with Gasteiger partial charge in [0.15, 0.2) is 0 Å². The van der Waals surface area contributed by atoms with Crippen LogP contribution in [0.2, 0.25) is 0 Å². The summed E-state index contributed by atoms with van der Waals surface area (Å²) in [5.74, 6) is -0.107. The molecule has 1 saturated heterocycles. The van der Waals surface area contributed by atoms with E-state index in [0.717, 1.165) is 60.7 Å². The Morgan fingerprint density at radius 2 is 1.67 bits per heavy atom. The number of aromatic nitrogens is 2. The molecule has 0 spiro atoms. The van der Waals surface area contributed by atoms with Crippen LogP contribution in [0.4, 0.5) is 11.4 Å². The molecular formula is C27H29N5O. The van der Waals surface area contributed by atoms with E-state index in [1.54, 1.807) is 0 Å². The third kappa shape index (κ3) is 4.34. The molecule has 0 radical (unpaired) electrons. The fourth-order valence-corrected chi connectivity index (χ4v) is 4.44. The Bertz CT molecular complexity index is 1270. The molecule has 1 N–H and O–H groups in total. The summed E-state index contributed by atoms with van der Waals surface area (Å²) in [7, 11) is 0. The van der Waals surface area contributed by atoms with E-state index in [2.05, 4.69) is 46.1 Å². The van der Waals surface area contributed by atoms with Crippen molar-refractivity contribution in [3.05, 3.63) is 84.2 Å². The van der Waals surface area contributed by atoms with E-state index < -0.39 is 0 Å². The first-order chi connectivity index (χ1) is 16.1. The Hall–Kier alpha value is -3.64. The zero-order valence-electron chi connectivity index (χ0n) is 19.2. The number of nitrogens with zero attached hydrogens (tertiary/aromatic N) is 4. The third-order valence-corrected chi connectivity index (χ3v) is 6.50. The zero-order valence-corrected chi connectivity index (χ0v) is 19.2. The standard InChI is InChI=1S/C27H29N5O/c1-3-30-14-16-31(17-15-30)23-12-13-24(20(2)18-23)29-27(33)21-8-10-22(11-9-21)32-19-28-25-6-4-5-7-26(25)32/h4-13,18-19H,3,14-17H2,1-2H3,(H,29,33). The smallest absolute Gasteiger partial charge is 0.255 e. The number of rotatable bonds is 5. The Kier molecular flexibility index (Phi) is 5.84. The molecule has 0 aliphatic carbocycles. The van der Waals surface area contributed by atoms with E-state index in [-0.39, 0.29) is 5.91 Å². The predicted octanol–water partition coefficient (Wildman–Crippen LogP) is 4.73. The number of amides is 1. The van der Waals surface area contributed by atoms with Gasteiger partial charge in [0.25, 0.3) is 5.91 Å². The van der Waals surface area contributed by atoms with Gasteiger partial charge in [0, 0.05) is 48.8 Å². The van der Waals surface area contributed by atoms with Gasteiger partial charge >= 0.3 is 0 Å². The van der Waals surface area contributed by atoms with Crippen molar-refractivity contribution in [3.63, 3.8) is 0 Å². The highest BCUT2D eigenvalue weighted by atomic mass is 16.1. The van der Waals surface area contributed by atoms with Gasteiger partial charge in [0.2, 0.25) is 0 Å². The van der Waals surface area contributed by atoms with Crippen LogP contribution in [-0.2, 0) is 0 Å². The van der Waals surface area contributed by atoms with Gasteiger partial charge in [-0.15, -0.1) is 0 Å². The molecule has 0 saturated carbocycles. The van der Waals surface area contributed by atoms with Crippen molar-refractivity contribution in [1.29, 1.82) is 0 Å². The van der Waals surface area contributed by atoms with Crippen LogP contribution < -0.4 is 10.2 Å². The second-order valence-electron chi connectivity index (χ2n) is 8.52. The number of nitrogens with one attached hydrogen (secondary N) is 1. The number of benzene rings is 3. The molecular weight excluding hydrogens is 410 g/mol. The number of hydrogen-bond acceptors (Lipinski definition) is 4. The minimum absolute atomic E-state index is 0.107. The van der Waals surface area contributed by atoms with Crippen LogP contribution in [-0.4, -0.2) is 53.1 Å². The topological polar surface area (TPSA) is 53.4 Å². The van der Waals surface area contributed by atoms with Crippen molar-refractivity contribution >= 4 is 28.3 Å². The Morgan fingerprint density at radius 1 is 0.939 bits per heavy atom. The molecule has 0 bridgehead atoms. The maximum atomic E-state index is 12.9. The number of likely N-dealkylation sites (N-methyl/N-ethyl adjacent to an activating group) is 1. The van der Waals surface area contributed by atoms with Crippen LogP contribution in [0.25, 0.3) is 16.7 Å². The van der Waals surface area contributed by atoms with Gasteiger partial charge in [-0.3, -0.25) is 9.36 Å². The second kappa shape index (κ2) is 9.08. The van der Waals surface area contributed by atoms with Crippen LogP contribution in [0.15, 0.2) is 73.1 Å². The molecule has 33 heavy (non-hydrogen) atoms. The van der Waals surface area contributed by atoms with Crippen molar-refractivity contribution < 1.29 is 4.79 Å². The molecule has 168 valence electrons. The van der Waals surface area contributed by atoms with Crippen LogP contribution in [0.5, 0.6) is 0 Å². The molecule has 1 amide bonds. The monoisotopic (exact) mass is 439 g/mol. The van der Waals surface area contributed by atoms with E-state index in [1.165, 1.54) is 5.69 Å².